The van der Waals surface area contributed by atoms with E-state index in [1.165, 1.54) is 6.20 Å². The molecule has 120 valence electrons. The molecule has 0 aliphatic rings. The van der Waals surface area contributed by atoms with Crippen molar-refractivity contribution < 1.29 is 0 Å². The van der Waals surface area contributed by atoms with E-state index in [2.05, 4.69) is 20.6 Å². The molecule has 6 nitrogen and oxygen atoms in total. The van der Waals surface area contributed by atoms with Crippen LogP contribution in [0, 0.1) is 0 Å². The third-order valence-electron chi connectivity index (χ3n) is 3.30. The Morgan fingerprint density at radius 1 is 1.12 bits per heavy atom. The fourth-order valence-electron chi connectivity index (χ4n) is 2.19. The Morgan fingerprint density at radius 3 is 2.88 bits per heavy atom. The number of allylic oxidation sites excluding steroid dienone is 3. The zero-order valence-corrected chi connectivity index (χ0v) is 13.1. The van der Waals surface area contributed by atoms with E-state index in [1.807, 2.05) is 54.7 Å². The molecule has 3 rings (SSSR count). The Kier molecular flexibility index (Phi) is 4.99. The largest absolute Gasteiger partial charge is 0.405 e. The molecule has 3 N–H and O–H groups in total. The van der Waals surface area contributed by atoms with Gasteiger partial charge in [-0.15, -0.1) is 5.10 Å². The molecule has 2 aromatic heterocycles. The Balaban J connectivity index is 1.73. The number of rotatable bonds is 6. The van der Waals surface area contributed by atoms with Gasteiger partial charge in [0.2, 0.25) is 0 Å². The summed E-state index contributed by atoms with van der Waals surface area (Å²) < 4.78 is 1.78. The van der Waals surface area contributed by atoms with Gasteiger partial charge in [0.25, 0.3) is 0 Å². The van der Waals surface area contributed by atoms with Gasteiger partial charge in [-0.2, -0.15) is 0 Å². The second-order valence-electron chi connectivity index (χ2n) is 5.09. The Labute approximate surface area is 140 Å². The summed E-state index contributed by atoms with van der Waals surface area (Å²) >= 11 is 0. The van der Waals surface area contributed by atoms with Crippen molar-refractivity contribution in [2.45, 2.75) is 6.54 Å². The third kappa shape index (κ3) is 4.07. The minimum atomic E-state index is 0.644. The van der Waals surface area contributed by atoms with E-state index in [4.69, 9.17) is 5.73 Å². The van der Waals surface area contributed by atoms with Gasteiger partial charge in [-0.05, 0) is 36.5 Å². The average Bonchev–Trinajstić information content (AvgIpc) is 3.09. The summed E-state index contributed by atoms with van der Waals surface area (Å²) in [7, 11) is 0. The molecule has 0 unspecified atom stereocenters. The van der Waals surface area contributed by atoms with E-state index in [1.54, 1.807) is 23.2 Å². The number of pyridine rings is 1. The molecule has 3 aromatic rings. The summed E-state index contributed by atoms with van der Waals surface area (Å²) in [5.41, 5.74) is 9.02. The van der Waals surface area contributed by atoms with Crippen LogP contribution in [0.1, 0.15) is 0 Å². The van der Waals surface area contributed by atoms with Crippen molar-refractivity contribution >= 4 is 11.4 Å². The normalized spacial score (nSPS) is 11.3. The first-order chi connectivity index (χ1) is 11.8. The van der Waals surface area contributed by atoms with Crippen molar-refractivity contribution in [3.05, 3.63) is 79.4 Å². The van der Waals surface area contributed by atoms with E-state index in [0.29, 0.717) is 6.54 Å². The molecule has 0 bridgehead atoms. The topological polar surface area (TPSA) is 81.6 Å². The minimum Gasteiger partial charge on any atom is -0.405 e. The number of aromatic nitrogens is 4. The standard InChI is InChI=1S/C18H18N6/c19-9-2-1-3-11-24-14-18(22-23-24)15-6-4-7-16(12-15)21-17-8-5-10-20-13-17/h1-10,12-14,21H,11,19H2/b3-1-,9-2-. The van der Waals surface area contributed by atoms with Crippen LogP contribution in [-0.4, -0.2) is 20.0 Å². The maximum Gasteiger partial charge on any atom is 0.113 e. The first-order valence-corrected chi connectivity index (χ1v) is 7.56. The van der Waals surface area contributed by atoms with Gasteiger partial charge >= 0.3 is 0 Å². The van der Waals surface area contributed by atoms with Crippen molar-refractivity contribution in [1.82, 2.24) is 20.0 Å². The molecular formula is C18H18N6. The molecular weight excluding hydrogens is 300 g/mol. The van der Waals surface area contributed by atoms with Crippen molar-refractivity contribution in [2.75, 3.05) is 5.32 Å². The van der Waals surface area contributed by atoms with Crippen molar-refractivity contribution in [3.63, 3.8) is 0 Å². The smallest absolute Gasteiger partial charge is 0.113 e. The van der Waals surface area contributed by atoms with Gasteiger partial charge in [0.05, 0.1) is 24.6 Å². The lowest BCUT2D eigenvalue weighted by atomic mass is 10.1. The lowest BCUT2D eigenvalue weighted by Gasteiger charge is -2.06. The number of hydrogen-bond donors (Lipinski definition) is 2. The van der Waals surface area contributed by atoms with E-state index >= 15 is 0 Å². The molecule has 0 saturated heterocycles. The Bertz CT molecular complexity index is 835. The number of nitrogens with zero attached hydrogens (tertiary/aromatic N) is 4. The molecule has 0 aliphatic heterocycles. The summed E-state index contributed by atoms with van der Waals surface area (Å²) in [5, 5.41) is 11.7. The maximum atomic E-state index is 5.28. The van der Waals surface area contributed by atoms with Crippen LogP contribution < -0.4 is 11.1 Å². The lowest BCUT2D eigenvalue weighted by Crippen LogP contribution is -1.95. The third-order valence-corrected chi connectivity index (χ3v) is 3.30. The van der Waals surface area contributed by atoms with Gasteiger partial charge in [0.15, 0.2) is 0 Å². The summed E-state index contributed by atoms with van der Waals surface area (Å²) in [6.07, 6.45) is 12.5. The minimum absolute atomic E-state index is 0.644. The summed E-state index contributed by atoms with van der Waals surface area (Å²) in [6.45, 7) is 0.644. The molecule has 1 aromatic carbocycles. The van der Waals surface area contributed by atoms with Crippen LogP contribution in [0.3, 0.4) is 0 Å². The maximum absolute atomic E-state index is 5.28. The highest BCUT2D eigenvalue weighted by Gasteiger charge is 2.04. The average molecular weight is 318 g/mol. The molecule has 0 aliphatic carbocycles. The van der Waals surface area contributed by atoms with Gasteiger partial charge in [-0.3, -0.25) is 4.98 Å². The predicted molar refractivity (Wildman–Crippen MR) is 95.4 cm³/mol. The van der Waals surface area contributed by atoms with Gasteiger partial charge in [0.1, 0.15) is 5.69 Å². The molecule has 0 spiro atoms. The zero-order valence-electron chi connectivity index (χ0n) is 13.1. The molecule has 6 heteroatoms. The van der Waals surface area contributed by atoms with Gasteiger partial charge in [-0.25, -0.2) is 4.68 Å². The first-order valence-electron chi connectivity index (χ1n) is 7.56. The predicted octanol–water partition coefficient (Wildman–Crippen LogP) is 3.11. The second kappa shape index (κ2) is 7.73. The van der Waals surface area contributed by atoms with E-state index in [9.17, 15) is 0 Å². The Morgan fingerprint density at radius 2 is 2.04 bits per heavy atom. The second-order valence-corrected chi connectivity index (χ2v) is 5.09. The van der Waals surface area contributed by atoms with E-state index in [-0.39, 0.29) is 0 Å². The molecule has 24 heavy (non-hydrogen) atoms. The molecule has 0 fully saturated rings. The van der Waals surface area contributed by atoms with Crippen LogP contribution in [0.4, 0.5) is 11.4 Å². The van der Waals surface area contributed by atoms with Crippen LogP contribution >= 0.6 is 0 Å². The number of nitrogens with one attached hydrogen (secondary N) is 1. The molecule has 0 saturated carbocycles. The summed E-state index contributed by atoms with van der Waals surface area (Å²) in [6, 6.07) is 11.9. The monoisotopic (exact) mass is 318 g/mol. The van der Waals surface area contributed by atoms with Crippen LogP contribution in [0.5, 0.6) is 0 Å². The number of nitrogens with two attached hydrogens (primary N) is 1. The van der Waals surface area contributed by atoms with Crippen molar-refractivity contribution in [3.8, 4) is 11.3 Å². The van der Waals surface area contributed by atoms with Crippen LogP contribution in [0.2, 0.25) is 0 Å². The summed E-state index contributed by atoms with van der Waals surface area (Å²) in [5.74, 6) is 0. The Hall–Kier alpha value is -3.41. The van der Waals surface area contributed by atoms with Crippen LogP contribution in [0.25, 0.3) is 11.3 Å². The zero-order chi connectivity index (χ0) is 16.6. The fourth-order valence-corrected chi connectivity index (χ4v) is 2.19. The van der Waals surface area contributed by atoms with Crippen LogP contribution in [-0.2, 0) is 6.54 Å². The molecule has 0 radical (unpaired) electrons. The lowest BCUT2D eigenvalue weighted by molar-refractivity contribution is 0.662. The quantitative estimate of drug-likeness (QED) is 0.682. The van der Waals surface area contributed by atoms with Crippen LogP contribution in [0.15, 0.2) is 79.4 Å². The van der Waals surface area contributed by atoms with Gasteiger partial charge in [0, 0.05) is 17.4 Å². The highest BCUT2D eigenvalue weighted by atomic mass is 15.4. The molecule has 2 heterocycles. The van der Waals surface area contributed by atoms with Gasteiger partial charge in [-0.1, -0.05) is 29.5 Å². The first kappa shape index (κ1) is 15.5. The molecule has 0 atom stereocenters. The molecule has 0 amide bonds. The van der Waals surface area contributed by atoms with E-state index < -0.39 is 0 Å². The van der Waals surface area contributed by atoms with E-state index in [0.717, 1.165) is 22.6 Å². The van der Waals surface area contributed by atoms with Gasteiger partial charge < -0.3 is 11.1 Å². The van der Waals surface area contributed by atoms with Crippen molar-refractivity contribution in [1.29, 1.82) is 0 Å². The summed E-state index contributed by atoms with van der Waals surface area (Å²) in [4.78, 5) is 4.10. The number of anilines is 2. The highest BCUT2D eigenvalue weighted by Crippen LogP contribution is 2.22. The number of hydrogen-bond acceptors (Lipinski definition) is 5. The highest BCUT2D eigenvalue weighted by molar-refractivity contribution is 5.67. The van der Waals surface area contributed by atoms with Crippen molar-refractivity contribution in [2.24, 2.45) is 5.73 Å². The fraction of sp³-hybridized carbons (Fsp3) is 0.0556. The SMILES string of the molecule is N/C=C\C=C/Cn1cc(-c2cccc(Nc3cccnc3)c2)nn1. The number of benzene rings is 1.